The van der Waals surface area contributed by atoms with E-state index in [2.05, 4.69) is 10.1 Å². The Bertz CT molecular complexity index is 1430. The first-order chi connectivity index (χ1) is 16.0. The minimum atomic E-state index is -0.668. The fourth-order valence-electron chi connectivity index (χ4n) is 3.26. The molecule has 0 aliphatic rings. The molecule has 0 saturated carbocycles. The Labute approximate surface area is 187 Å². The fourth-order valence-corrected chi connectivity index (χ4v) is 3.26. The van der Waals surface area contributed by atoms with Crippen molar-refractivity contribution in [2.45, 2.75) is 6.61 Å². The third kappa shape index (κ3) is 4.47. The van der Waals surface area contributed by atoms with Gasteiger partial charge in [0, 0.05) is 11.1 Å². The molecule has 0 aliphatic carbocycles. The predicted molar refractivity (Wildman–Crippen MR) is 122 cm³/mol. The number of aromatic amines is 1. The molecule has 0 unspecified atom stereocenters. The van der Waals surface area contributed by atoms with Crippen molar-refractivity contribution in [1.29, 1.82) is 0 Å². The monoisotopic (exact) mass is 449 g/mol. The molecule has 1 N–H and O–H groups in total. The maximum Gasteiger partial charge on any atom is 0.349 e. The normalized spacial score (nSPS) is 11.1. The molecule has 168 valence electrons. The number of H-pyrrole nitrogens is 1. The van der Waals surface area contributed by atoms with Gasteiger partial charge in [0.05, 0.1) is 31.3 Å². The molecule has 4 rings (SSSR count). The number of ether oxygens (including phenoxy) is 3. The van der Waals surface area contributed by atoms with Crippen LogP contribution in [0.4, 0.5) is 4.39 Å². The fraction of sp³-hybridized carbons (Fsp3) is 0.125. The van der Waals surface area contributed by atoms with E-state index in [-0.39, 0.29) is 18.2 Å². The molecule has 0 bridgehead atoms. The van der Waals surface area contributed by atoms with Gasteiger partial charge in [-0.15, -0.1) is 4.68 Å². The van der Waals surface area contributed by atoms with E-state index in [1.54, 1.807) is 54.6 Å². The van der Waals surface area contributed by atoms with Crippen molar-refractivity contribution >= 4 is 17.1 Å². The Morgan fingerprint density at radius 3 is 2.36 bits per heavy atom. The number of halogens is 1. The highest BCUT2D eigenvalue weighted by Crippen LogP contribution is 2.38. The number of aromatic nitrogens is 2. The average molecular weight is 449 g/mol. The molecule has 3 aromatic carbocycles. The summed E-state index contributed by atoms with van der Waals surface area (Å²) in [6, 6.07) is 16.1. The molecule has 33 heavy (non-hydrogen) atoms. The highest BCUT2D eigenvalue weighted by Gasteiger charge is 2.15. The lowest BCUT2D eigenvalue weighted by Gasteiger charge is -2.15. The summed E-state index contributed by atoms with van der Waals surface area (Å²) in [5, 5.41) is 4.38. The van der Waals surface area contributed by atoms with Gasteiger partial charge in [0.25, 0.3) is 5.56 Å². The Hall–Kier alpha value is -4.40. The van der Waals surface area contributed by atoms with E-state index >= 15 is 0 Å². The van der Waals surface area contributed by atoms with Crippen molar-refractivity contribution < 1.29 is 18.6 Å². The van der Waals surface area contributed by atoms with Crippen LogP contribution in [-0.2, 0) is 6.61 Å². The van der Waals surface area contributed by atoms with E-state index in [0.717, 1.165) is 4.68 Å². The third-order valence-electron chi connectivity index (χ3n) is 4.92. The van der Waals surface area contributed by atoms with Gasteiger partial charge in [-0.25, -0.2) is 9.18 Å². The van der Waals surface area contributed by atoms with Crippen LogP contribution in [0.15, 0.2) is 75.4 Å². The molecule has 0 saturated heterocycles. The SMILES string of the molecule is COc1cc(C=Nn2c(=O)[nH]c3ccccc3c2=O)cc(OC)c1OCc1ccccc1F. The zero-order valence-electron chi connectivity index (χ0n) is 17.9. The maximum absolute atomic E-state index is 13.9. The molecule has 0 atom stereocenters. The smallest absolute Gasteiger partial charge is 0.349 e. The van der Waals surface area contributed by atoms with Crippen LogP contribution >= 0.6 is 0 Å². The van der Waals surface area contributed by atoms with Gasteiger partial charge in [-0.2, -0.15) is 5.10 Å². The first-order valence-corrected chi connectivity index (χ1v) is 9.92. The summed E-state index contributed by atoms with van der Waals surface area (Å²) in [7, 11) is 2.90. The number of methoxy groups -OCH3 is 2. The van der Waals surface area contributed by atoms with Gasteiger partial charge in [0.1, 0.15) is 12.4 Å². The summed E-state index contributed by atoms with van der Waals surface area (Å²) in [5.41, 5.74) is 0.0790. The molecular formula is C24H20FN3O5. The minimum Gasteiger partial charge on any atom is -0.493 e. The molecular weight excluding hydrogens is 429 g/mol. The number of nitrogens with zero attached hydrogens (tertiary/aromatic N) is 2. The maximum atomic E-state index is 13.9. The summed E-state index contributed by atoms with van der Waals surface area (Å²) in [6.45, 7) is -0.0330. The van der Waals surface area contributed by atoms with Gasteiger partial charge in [0.2, 0.25) is 5.75 Å². The van der Waals surface area contributed by atoms with Crippen molar-refractivity contribution in [3.05, 3.63) is 98.4 Å². The molecule has 0 radical (unpaired) electrons. The molecule has 0 amide bonds. The van der Waals surface area contributed by atoms with E-state index in [4.69, 9.17) is 14.2 Å². The van der Waals surface area contributed by atoms with Crippen LogP contribution in [0.25, 0.3) is 10.9 Å². The summed E-state index contributed by atoms with van der Waals surface area (Å²) in [4.78, 5) is 27.6. The molecule has 4 aromatic rings. The van der Waals surface area contributed by atoms with Crippen LogP contribution in [0.5, 0.6) is 17.2 Å². The Morgan fingerprint density at radius 2 is 1.67 bits per heavy atom. The molecule has 0 fully saturated rings. The zero-order chi connectivity index (χ0) is 23.4. The van der Waals surface area contributed by atoms with Crippen molar-refractivity contribution in [3.63, 3.8) is 0 Å². The molecule has 1 aromatic heterocycles. The quantitative estimate of drug-likeness (QED) is 0.437. The van der Waals surface area contributed by atoms with Gasteiger partial charge in [-0.05, 0) is 30.3 Å². The van der Waals surface area contributed by atoms with Gasteiger partial charge >= 0.3 is 5.69 Å². The highest BCUT2D eigenvalue weighted by atomic mass is 19.1. The second-order valence-electron chi connectivity index (χ2n) is 6.97. The Balaban J connectivity index is 1.68. The summed E-state index contributed by atoms with van der Waals surface area (Å²) < 4.78 is 31.3. The van der Waals surface area contributed by atoms with Crippen molar-refractivity contribution in [2.24, 2.45) is 5.10 Å². The topological polar surface area (TPSA) is 94.9 Å². The number of fused-ring (bicyclic) bond motifs is 1. The van der Waals surface area contributed by atoms with Gasteiger partial charge in [-0.1, -0.05) is 30.3 Å². The minimum absolute atomic E-state index is 0.0330. The number of rotatable bonds is 7. The highest BCUT2D eigenvalue weighted by molar-refractivity contribution is 5.82. The first kappa shape index (κ1) is 21.8. The summed E-state index contributed by atoms with van der Waals surface area (Å²) >= 11 is 0. The number of nitrogens with one attached hydrogen (secondary N) is 1. The average Bonchev–Trinajstić information content (AvgIpc) is 2.83. The van der Waals surface area contributed by atoms with Gasteiger partial charge < -0.3 is 19.2 Å². The van der Waals surface area contributed by atoms with E-state index in [1.807, 2.05) is 0 Å². The number of hydrogen-bond donors (Lipinski definition) is 1. The lowest BCUT2D eigenvalue weighted by Crippen LogP contribution is -2.32. The standard InChI is InChI=1S/C24H20FN3O5/c1-31-20-11-15(12-21(32-2)22(20)33-14-16-7-3-5-9-18(16)25)13-26-28-23(29)17-8-4-6-10-19(17)27-24(28)30/h3-13H,14H2,1-2H3,(H,27,30). The molecule has 0 aliphatic heterocycles. The molecule has 9 heteroatoms. The number of para-hydroxylation sites is 1. The summed E-state index contributed by atoms with van der Waals surface area (Å²) in [5.74, 6) is 0.519. The van der Waals surface area contributed by atoms with E-state index < -0.39 is 11.2 Å². The molecule has 0 spiro atoms. The van der Waals surface area contributed by atoms with Crippen LogP contribution in [0, 0.1) is 5.82 Å². The van der Waals surface area contributed by atoms with Crippen molar-refractivity contribution in [2.75, 3.05) is 14.2 Å². The largest absolute Gasteiger partial charge is 0.493 e. The summed E-state index contributed by atoms with van der Waals surface area (Å²) in [6.07, 6.45) is 1.33. The van der Waals surface area contributed by atoms with Crippen molar-refractivity contribution in [1.82, 2.24) is 9.66 Å². The van der Waals surface area contributed by atoms with Crippen LogP contribution in [-0.4, -0.2) is 30.1 Å². The van der Waals surface area contributed by atoms with Crippen LogP contribution in [0.3, 0.4) is 0 Å². The van der Waals surface area contributed by atoms with E-state index in [0.29, 0.717) is 33.5 Å². The van der Waals surface area contributed by atoms with Crippen LogP contribution in [0.1, 0.15) is 11.1 Å². The second-order valence-corrected chi connectivity index (χ2v) is 6.97. The Morgan fingerprint density at radius 1 is 1.00 bits per heavy atom. The Kier molecular flexibility index (Phi) is 6.21. The van der Waals surface area contributed by atoms with Crippen molar-refractivity contribution in [3.8, 4) is 17.2 Å². The lowest BCUT2D eigenvalue weighted by atomic mass is 10.2. The van der Waals surface area contributed by atoms with Crippen LogP contribution < -0.4 is 25.5 Å². The molecule has 8 nitrogen and oxygen atoms in total. The third-order valence-corrected chi connectivity index (χ3v) is 4.92. The first-order valence-electron chi connectivity index (χ1n) is 9.92. The second kappa shape index (κ2) is 9.39. The van der Waals surface area contributed by atoms with E-state index in [1.165, 1.54) is 26.5 Å². The van der Waals surface area contributed by atoms with Gasteiger partial charge in [-0.3, -0.25) is 4.79 Å². The molecule has 1 heterocycles. The van der Waals surface area contributed by atoms with Gasteiger partial charge in [0.15, 0.2) is 11.5 Å². The number of hydrogen-bond acceptors (Lipinski definition) is 6. The van der Waals surface area contributed by atoms with E-state index in [9.17, 15) is 14.0 Å². The lowest BCUT2D eigenvalue weighted by molar-refractivity contribution is 0.262. The predicted octanol–water partition coefficient (Wildman–Crippen LogP) is 3.31. The number of benzene rings is 3. The van der Waals surface area contributed by atoms with Crippen LogP contribution in [0.2, 0.25) is 0 Å². The zero-order valence-corrected chi connectivity index (χ0v) is 17.9.